The number of carbonyl (C=O) groups excluding carboxylic acids is 1. The Kier molecular flexibility index (Phi) is 2.29. The summed E-state index contributed by atoms with van der Waals surface area (Å²) in [7, 11) is 0. The topological polar surface area (TPSA) is 103 Å². The van der Waals surface area contributed by atoms with Gasteiger partial charge < -0.3 is 5.41 Å². The number of hydrogen-bond donors (Lipinski definition) is 3. The third-order valence-electron chi connectivity index (χ3n) is 1.55. The summed E-state index contributed by atoms with van der Waals surface area (Å²) in [4.78, 5) is 21.0. The van der Waals surface area contributed by atoms with Crippen molar-refractivity contribution in [2.24, 2.45) is 5.18 Å². The Morgan fingerprint density at radius 2 is 2.42 bits per heavy atom. The minimum absolute atomic E-state index is 0.00745. The van der Waals surface area contributed by atoms with E-state index in [1.54, 1.807) is 5.48 Å². The molecule has 0 amide bonds. The normalized spacial score (nSPS) is 23.4. The number of Topliss-reactive ketones (excluding diaryl/α,β-unsaturated/α-hetero) is 1. The standard InChI is InChI=1S/C6H7N3O3/c7-4-1-3(8-11)2-5(9-12)6(4)10/h2-3,7,9,12H,1H2. The summed E-state index contributed by atoms with van der Waals surface area (Å²) in [5, 5.41) is 18.2. The van der Waals surface area contributed by atoms with E-state index < -0.39 is 11.8 Å². The van der Waals surface area contributed by atoms with Gasteiger partial charge in [0.2, 0.25) is 5.78 Å². The first-order valence-electron chi connectivity index (χ1n) is 3.25. The van der Waals surface area contributed by atoms with Gasteiger partial charge in [-0.05, 0) is 6.08 Å². The Bertz CT molecular complexity index is 271. The molecule has 0 bridgehead atoms. The maximum atomic E-state index is 11.0. The van der Waals surface area contributed by atoms with Gasteiger partial charge in [0.1, 0.15) is 11.7 Å². The Labute approximate surface area is 67.7 Å². The largest absolute Gasteiger partial charge is 0.301 e. The minimum atomic E-state index is -0.732. The first-order valence-corrected chi connectivity index (χ1v) is 3.25. The summed E-state index contributed by atoms with van der Waals surface area (Å²) >= 11 is 0. The van der Waals surface area contributed by atoms with Crippen LogP contribution in [0, 0.1) is 10.3 Å². The highest BCUT2D eigenvalue weighted by Gasteiger charge is 2.25. The molecule has 1 rings (SSSR count). The zero-order chi connectivity index (χ0) is 9.14. The summed E-state index contributed by atoms with van der Waals surface area (Å²) < 4.78 is 0. The van der Waals surface area contributed by atoms with Crippen molar-refractivity contribution in [2.45, 2.75) is 12.5 Å². The van der Waals surface area contributed by atoms with E-state index in [0.717, 1.165) is 0 Å². The van der Waals surface area contributed by atoms with Crippen molar-refractivity contribution in [3.05, 3.63) is 16.7 Å². The lowest BCUT2D eigenvalue weighted by atomic mass is 9.98. The molecule has 0 saturated heterocycles. The number of hydroxylamine groups is 1. The van der Waals surface area contributed by atoms with Crippen molar-refractivity contribution < 1.29 is 10.0 Å². The summed E-state index contributed by atoms with van der Waals surface area (Å²) in [5.41, 5.74) is 1.24. The molecule has 1 atom stereocenters. The van der Waals surface area contributed by atoms with Crippen LogP contribution in [0.5, 0.6) is 0 Å². The molecule has 0 aliphatic heterocycles. The van der Waals surface area contributed by atoms with Crippen LogP contribution < -0.4 is 5.48 Å². The van der Waals surface area contributed by atoms with Crippen LogP contribution in [0.15, 0.2) is 16.9 Å². The second-order valence-corrected chi connectivity index (χ2v) is 2.38. The van der Waals surface area contributed by atoms with E-state index in [1.165, 1.54) is 6.08 Å². The fourth-order valence-electron chi connectivity index (χ4n) is 0.947. The van der Waals surface area contributed by atoms with Crippen molar-refractivity contribution in [1.29, 1.82) is 5.41 Å². The van der Waals surface area contributed by atoms with Crippen LogP contribution in [0.1, 0.15) is 6.42 Å². The molecule has 0 radical (unpaired) electrons. The average Bonchev–Trinajstić information content (AvgIpc) is 2.09. The van der Waals surface area contributed by atoms with E-state index in [1.807, 2.05) is 0 Å². The Hall–Kier alpha value is -1.56. The molecule has 0 aromatic heterocycles. The molecule has 0 aromatic rings. The predicted molar refractivity (Wildman–Crippen MR) is 39.9 cm³/mol. The lowest BCUT2D eigenvalue weighted by Gasteiger charge is -2.14. The molecule has 0 fully saturated rings. The van der Waals surface area contributed by atoms with Crippen molar-refractivity contribution in [1.82, 2.24) is 5.48 Å². The van der Waals surface area contributed by atoms with E-state index in [4.69, 9.17) is 10.6 Å². The molecule has 0 heterocycles. The van der Waals surface area contributed by atoms with Crippen LogP contribution >= 0.6 is 0 Å². The fourth-order valence-corrected chi connectivity index (χ4v) is 0.947. The van der Waals surface area contributed by atoms with Crippen molar-refractivity contribution >= 4 is 11.5 Å². The number of nitrogens with one attached hydrogen (secondary N) is 2. The molecule has 6 heteroatoms. The molecule has 12 heavy (non-hydrogen) atoms. The first kappa shape index (κ1) is 8.54. The second kappa shape index (κ2) is 3.22. The summed E-state index contributed by atoms with van der Waals surface area (Å²) in [6.45, 7) is 0. The van der Waals surface area contributed by atoms with E-state index in [9.17, 15) is 9.70 Å². The Morgan fingerprint density at radius 1 is 1.75 bits per heavy atom. The van der Waals surface area contributed by atoms with Gasteiger partial charge in [-0.3, -0.25) is 15.5 Å². The minimum Gasteiger partial charge on any atom is -0.301 e. The summed E-state index contributed by atoms with van der Waals surface area (Å²) in [6, 6.07) is -0.732. The zero-order valence-electron chi connectivity index (χ0n) is 6.07. The number of hydrogen-bond acceptors (Lipinski definition) is 6. The molecule has 1 unspecified atom stereocenters. The van der Waals surface area contributed by atoms with Gasteiger partial charge >= 0.3 is 0 Å². The number of nitrogens with zero attached hydrogens (tertiary/aromatic N) is 1. The SMILES string of the molecule is N=C1CC(N=O)C=C(NO)C1=O. The molecule has 1 aliphatic rings. The van der Waals surface area contributed by atoms with E-state index in [-0.39, 0.29) is 17.8 Å². The quantitative estimate of drug-likeness (QED) is 0.399. The van der Waals surface area contributed by atoms with E-state index in [0.29, 0.717) is 0 Å². The smallest absolute Gasteiger partial charge is 0.224 e. The highest BCUT2D eigenvalue weighted by Crippen LogP contribution is 2.12. The van der Waals surface area contributed by atoms with Gasteiger partial charge in [-0.2, -0.15) is 4.91 Å². The van der Waals surface area contributed by atoms with Gasteiger partial charge in [-0.25, -0.2) is 0 Å². The number of rotatable bonds is 2. The molecule has 0 spiro atoms. The first-order chi connectivity index (χ1) is 5.69. The number of carbonyl (C=O) groups is 1. The lowest BCUT2D eigenvalue weighted by Crippen LogP contribution is -2.31. The van der Waals surface area contributed by atoms with Gasteiger partial charge in [-0.1, -0.05) is 5.18 Å². The molecule has 6 nitrogen and oxygen atoms in total. The van der Waals surface area contributed by atoms with Crippen molar-refractivity contribution in [3.8, 4) is 0 Å². The van der Waals surface area contributed by atoms with Crippen LogP contribution in [0.4, 0.5) is 0 Å². The monoisotopic (exact) mass is 169 g/mol. The van der Waals surface area contributed by atoms with Crippen molar-refractivity contribution in [3.63, 3.8) is 0 Å². The number of nitroso groups, excluding NO2 is 1. The molecule has 64 valence electrons. The van der Waals surface area contributed by atoms with Crippen LogP contribution in [0.25, 0.3) is 0 Å². The van der Waals surface area contributed by atoms with Crippen molar-refractivity contribution in [2.75, 3.05) is 0 Å². The molecule has 0 aromatic carbocycles. The fraction of sp³-hybridized carbons (Fsp3) is 0.333. The highest BCUT2D eigenvalue weighted by atomic mass is 16.5. The van der Waals surface area contributed by atoms with Crippen LogP contribution in [0.2, 0.25) is 0 Å². The molecule has 1 aliphatic carbocycles. The molecular formula is C6H7N3O3. The van der Waals surface area contributed by atoms with Crippen LogP contribution in [0.3, 0.4) is 0 Å². The zero-order valence-corrected chi connectivity index (χ0v) is 6.07. The third kappa shape index (κ3) is 1.37. The van der Waals surface area contributed by atoms with Crippen LogP contribution in [-0.4, -0.2) is 22.7 Å². The highest BCUT2D eigenvalue weighted by molar-refractivity contribution is 6.45. The Balaban J connectivity index is 2.94. The maximum Gasteiger partial charge on any atom is 0.224 e. The van der Waals surface area contributed by atoms with Gasteiger partial charge in [0.25, 0.3) is 0 Å². The second-order valence-electron chi connectivity index (χ2n) is 2.38. The van der Waals surface area contributed by atoms with Gasteiger partial charge in [-0.15, -0.1) is 0 Å². The molecule has 0 saturated carbocycles. The predicted octanol–water partition coefficient (Wildman–Crippen LogP) is -0.0233. The maximum absolute atomic E-state index is 11.0. The van der Waals surface area contributed by atoms with Gasteiger partial charge in [0, 0.05) is 6.42 Å². The number of allylic oxidation sites excluding steroid dienone is 1. The average molecular weight is 169 g/mol. The Morgan fingerprint density at radius 3 is 2.92 bits per heavy atom. The third-order valence-corrected chi connectivity index (χ3v) is 1.55. The van der Waals surface area contributed by atoms with E-state index >= 15 is 0 Å². The molecule has 3 N–H and O–H groups in total. The van der Waals surface area contributed by atoms with Gasteiger partial charge in [0.15, 0.2) is 0 Å². The van der Waals surface area contributed by atoms with E-state index in [2.05, 4.69) is 5.18 Å². The van der Waals surface area contributed by atoms with Crippen LogP contribution in [-0.2, 0) is 4.79 Å². The number of ketones is 1. The van der Waals surface area contributed by atoms with Gasteiger partial charge in [0.05, 0.1) is 5.71 Å². The molecular weight excluding hydrogens is 162 g/mol. The summed E-state index contributed by atoms with van der Waals surface area (Å²) in [6.07, 6.45) is 1.21. The summed E-state index contributed by atoms with van der Waals surface area (Å²) in [5.74, 6) is -0.600. The lowest BCUT2D eigenvalue weighted by molar-refractivity contribution is -0.111.